The highest BCUT2D eigenvalue weighted by Gasteiger charge is 2.29. The van der Waals surface area contributed by atoms with Crippen molar-refractivity contribution in [2.75, 3.05) is 0 Å². The van der Waals surface area contributed by atoms with E-state index >= 15 is 0 Å². The van der Waals surface area contributed by atoms with Crippen molar-refractivity contribution in [1.29, 1.82) is 0 Å². The smallest absolute Gasteiger partial charge is 0.372 e. The highest BCUT2D eigenvalue weighted by Crippen LogP contribution is 2.35. The fourth-order valence-corrected chi connectivity index (χ4v) is 1.89. The molecule has 1 heterocycles. The molecule has 70 valence electrons. The van der Waals surface area contributed by atoms with Crippen LogP contribution in [0, 0.1) is 6.92 Å². The van der Waals surface area contributed by atoms with E-state index < -0.39 is 5.97 Å². The highest BCUT2D eigenvalue weighted by atomic mass is 16.4. The number of carboxylic acid groups (broad SMARTS) is 1. The van der Waals surface area contributed by atoms with Gasteiger partial charge in [0.2, 0.25) is 5.76 Å². The summed E-state index contributed by atoms with van der Waals surface area (Å²) in [5.41, 5.74) is 7.40. The van der Waals surface area contributed by atoms with Crippen LogP contribution in [0.3, 0.4) is 0 Å². The number of aryl methyl sites for hydroxylation is 1. The number of rotatable bonds is 1. The Bertz CT molecular complexity index is 367. The molecule has 0 saturated heterocycles. The van der Waals surface area contributed by atoms with Crippen molar-refractivity contribution >= 4 is 5.97 Å². The lowest BCUT2D eigenvalue weighted by Gasteiger charge is -2.01. The largest absolute Gasteiger partial charge is 0.475 e. The molecule has 1 atom stereocenters. The summed E-state index contributed by atoms with van der Waals surface area (Å²) in [6, 6.07) is -0.0492. The molecule has 1 aliphatic carbocycles. The normalized spacial score (nSPS) is 20.3. The van der Waals surface area contributed by atoms with Gasteiger partial charge in [0, 0.05) is 23.6 Å². The van der Waals surface area contributed by atoms with Gasteiger partial charge in [0.05, 0.1) is 0 Å². The molecule has 0 radical (unpaired) electrons. The highest BCUT2D eigenvalue weighted by molar-refractivity contribution is 5.86. The molecule has 0 amide bonds. The number of fused-ring (bicyclic) bond motifs is 1. The van der Waals surface area contributed by atoms with Gasteiger partial charge in [-0.1, -0.05) is 0 Å². The van der Waals surface area contributed by atoms with Gasteiger partial charge < -0.3 is 15.3 Å². The van der Waals surface area contributed by atoms with Gasteiger partial charge in [-0.05, 0) is 13.3 Å². The summed E-state index contributed by atoms with van der Waals surface area (Å²) in [5, 5.41) is 8.77. The predicted molar refractivity (Wildman–Crippen MR) is 45.7 cm³/mol. The number of nitrogens with two attached hydrogens (primary N) is 1. The van der Waals surface area contributed by atoms with E-state index in [0.717, 1.165) is 24.2 Å². The zero-order valence-corrected chi connectivity index (χ0v) is 7.33. The fourth-order valence-electron chi connectivity index (χ4n) is 1.89. The molecule has 1 aliphatic rings. The van der Waals surface area contributed by atoms with Crippen LogP contribution in [-0.2, 0) is 6.42 Å². The number of hydrogen-bond donors (Lipinski definition) is 2. The number of carboxylic acids is 1. The molecule has 1 unspecified atom stereocenters. The molecule has 0 aliphatic heterocycles. The first-order chi connectivity index (χ1) is 6.11. The lowest BCUT2D eigenvalue weighted by Crippen LogP contribution is -2.07. The number of hydrogen-bond acceptors (Lipinski definition) is 3. The van der Waals surface area contributed by atoms with E-state index in [0.29, 0.717) is 5.56 Å². The zero-order chi connectivity index (χ0) is 9.59. The van der Waals surface area contributed by atoms with Crippen molar-refractivity contribution in [3.63, 3.8) is 0 Å². The molecule has 0 bridgehead atoms. The molecule has 2 rings (SSSR count). The molecule has 4 heteroatoms. The summed E-state index contributed by atoms with van der Waals surface area (Å²) in [6.07, 6.45) is 1.61. The van der Waals surface area contributed by atoms with E-state index in [1.165, 1.54) is 0 Å². The Balaban J connectivity index is 2.56. The SMILES string of the molecule is Cc1c(C(=O)O)oc2c1C(N)CC2. The summed E-state index contributed by atoms with van der Waals surface area (Å²) >= 11 is 0. The van der Waals surface area contributed by atoms with Crippen molar-refractivity contribution in [2.24, 2.45) is 5.73 Å². The van der Waals surface area contributed by atoms with Gasteiger partial charge in [0.1, 0.15) is 5.76 Å². The lowest BCUT2D eigenvalue weighted by molar-refractivity contribution is 0.0659. The van der Waals surface area contributed by atoms with Gasteiger partial charge in [-0.2, -0.15) is 0 Å². The molecular weight excluding hydrogens is 170 g/mol. The molecule has 1 aromatic heterocycles. The molecule has 0 aromatic carbocycles. The summed E-state index contributed by atoms with van der Waals surface area (Å²) in [6.45, 7) is 1.75. The van der Waals surface area contributed by atoms with Gasteiger partial charge in [0.25, 0.3) is 0 Å². The fraction of sp³-hybridized carbons (Fsp3) is 0.444. The van der Waals surface area contributed by atoms with E-state index in [2.05, 4.69) is 0 Å². The van der Waals surface area contributed by atoms with Crippen molar-refractivity contribution in [3.8, 4) is 0 Å². The maximum absolute atomic E-state index is 10.7. The van der Waals surface area contributed by atoms with Crippen LogP contribution in [0.2, 0.25) is 0 Å². The van der Waals surface area contributed by atoms with Crippen LogP contribution in [0.25, 0.3) is 0 Å². The van der Waals surface area contributed by atoms with E-state index in [9.17, 15) is 4.79 Å². The van der Waals surface area contributed by atoms with Crippen molar-refractivity contribution in [2.45, 2.75) is 25.8 Å². The van der Waals surface area contributed by atoms with Crippen molar-refractivity contribution < 1.29 is 14.3 Å². The number of carbonyl (C=O) groups is 1. The Morgan fingerprint density at radius 3 is 2.92 bits per heavy atom. The maximum atomic E-state index is 10.7. The van der Waals surface area contributed by atoms with E-state index in [4.69, 9.17) is 15.3 Å². The molecule has 3 N–H and O–H groups in total. The Labute approximate surface area is 75.3 Å². The minimum absolute atomic E-state index is 0.0418. The summed E-state index contributed by atoms with van der Waals surface area (Å²) < 4.78 is 5.21. The van der Waals surface area contributed by atoms with Crippen LogP contribution in [0.1, 0.15) is 39.9 Å². The van der Waals surface area contributed by atoms with Gasteiger partial charge in [-0.3, -0.25) is 0 Å². The molecular formula is C9H11NO3. The van der Waals surface area contributed by atoms with Crippen LogP contribution in [0.5, 0.6) is 0 Å². The van der Waals surface area contributed by atoms with Crippen LogP contribution in [0.15, 0.2) is 4.42 Å². The van der Waals surface area contributed by atoms with Gasteiger partial charge >= 0.3 is 5.97 Å². The molecule has 4 nitrogen and oxygen atoms in total. The van der Waals surface area contributed by atoms with Gasteiger partial charge in [-0.15, -0.1) is 0 Å². The van der Waals surface area contributed by atoms with Crippen molar-refractivity contribution in [1.82, 2.24) is 0 Å². The summed E-state index contributed by atoms with van der Waals surface area (Å²) in [4.78, 5) is 10.7. The lowest BCUT2D eigenvalue weighted by atomic mass is 10.1. The molecule has 1 aromatic rings. The summed E-state index contributed by atoms with van der Waals surface area (Å²) in [7, 11) is 0. The number of aromatic carboxylic acids is 1. The average Bonchev–Trinajstić information content (AvgIpc) is 2.55. The minimum Gasteiger partial charge on any atom is -0.475 e. The van der Waals surface area contributed by atoms with E-state index in [-0.39, 0.29) is 11.8 Å². The second kappa shape index (κ2) is 2.60. The second-order valence-corrected chi connectivity index (χ2v) is 3.34. The predicted octanol–water partition coefficient (Wildman–Crippen LogP) is 1.23. The first-order valence-corrected chi connectivity index (χ1v) is 4.22. The topological polar surface area (TPSA) is 76.5 Å². The summed E-state index contributed by atoms with van der Waals surface area (Å²) in [5.74, 6) is -0.221. The number of furan rings is 1. The van der Waals surface area contributed by atoms with Gasteiger partial charge in [0.15, 0.2) is 0 Å². The minimum atomic E-state index is -1.01. The molecule has 13 heavy (non-hydrogen) atoms. The average molecular weight is 181 g/mol. The Hall–Kier alpha value is -1.29. The molecule has 0 fully saturated rings. The standard InChI is InChI=1S/C9H11NO3/c1-4-7-5(10)2-3-6(7)13-8(4)9(11)12/h5H,2-3,10H2,1H3,(H,11,12). The molecule has 0 spiro atoms. The van der Waals surface area contributed by atoms with E-state index in [1.54, 1.807) is 6.92 Å². The van der Waals surface area contributed by atoms with Crippen LogP contribution in [-0.4, -0.2) is 11.1 Å². The maximum Gasteiger partial charge on any atom is 0.372 e. The Morgan fingerprint density at radius 2 is 2.38 bits per heavy atom. The first-order valence-electron chi connectivity index (χ1n) is 4.22. The monoisotopic (exact) mass is 181 g/mol. The quantitative estimate of drug-likeness (QED) is 0.683. The van der Waals surface area contributed by atoms with Crippen LogP contribution >= 0.6 is 0 Å². The van der Waals surface area contributed by atoms with Gasteiger partial charge in [-0.25, -0.2) is 4.79 Å². The van der Waals surface area contributed by atoms with Crippen LogP contribution in [0.4, 0.5) is 0 Å². The third-order valence-corrected chi connectivity index (χ3v) is 2.52. The Kier molecular flexibility index (Phi) is 1.66. The second-order valence-electron chi connectivity index (χ2n) is 3.34. The molecule has 0 saturated carbocycles. The van der Waals surface area contributed by atoms with Crippen molar-refractivity contribution in [3.05, 3.63) is 22.6 Å². The van der Waals surface area contributed by atoms with E-state index in [1.807, 2.05) is 0 Å². The zero-order valence-electron chi connectivity index (χ0n) is 7.33. The third-order valence-electron chi connectivity index (χ3n) is 2.52. The first kappa shape index (κ1) is 8.31. The third kappa shape index (κ3) is 1.06. The van der Waals surface area contributed by atoms with Crippen LogP contribution < -0.4 is 5.73 Å². The Morgan fingerprint density at radius 1 is 1.69 bits per heavy atom.